The standard InChI is InChI=1S/C8H14BrN3/c1-3-10-6-8-7(9)5-11-12(8)4-2/h5,10H,3-4,6H2,1-2H3. The highest BCUT2D eigenvalue weighted by molar-refractivity contribution is 9.10. The van der Waals surface area contributed by atoms with Crippen LogP contribution in [0.25, 0.3) is 0 Å². The van der Waals surface area contributed by atoms with E-state index in [0.29, 0.717) is 0 Å². The van der Waals surface area contributed by atoms with Crippen molar-refractivity contribution in [1.82, 2.24) is 15.1 Å². The smallest absolute Gasteiger partial charge is 0.0664 e. The number of nitrogens with zero attached hydrogens (tertiary/aromatic N) is 2. The Labute approximate surface area is 81.3 Å². The van der Waals surface area contributed by atoms with E-state index in [1.54, 1.807) is 0 Å². The fourth-order valence-corrected chi connectivity index (χ4v) is 1.52. The van der Waals surface area contributed by atoms with Gasteiger partial charge in [0.1, 0.15) is 0 Å². The molecule has 0 unspecified atom stereocenters. The molecule has 0 saturated heterocycles. The molecule has 4 heteroatoms. The molecule has 0 atom stereocenters. The van der Waals surface area contributed by atoms with E-state index in [0.717, 1.165) is 24.1 Å². The summed E-state index contributed by atoms with van der Waals surface area (Å²) in [7, 11) is 0. The number of hydrogen-bond acceptors (Lipinski definition) is 2. The first-order valence-electron chi connectivity index (χ1n) is 4.20. The molecule has 0 aliphatic carbocycles. The maximum atomic E-state index is 4.22. The van der Waals surface area contributed by atoms with Crippen LogP contribution < -0.4 is 5.32 Å². The SMILES string of the molecule is CCNCc1c(Br)cnn1CC. The van der Waals surface area contributed by atoms with Gasteiger partial charge in [0.05, 0.1) is 16.4 Å². The van der Waals surface area contributed by atoms with Gasteiger partial charge in [-0.3, -0.25) is 4.68 Å². The normalized spacial score (nSPS) is 10.6. The van der Waals surface area contributed by atoms with Crippen LogP contribution in [0, 0.1) is 0 Å². The van der Waals surface area contributed by atoms with E-state index in [2.05, 4.69) is 40.2 Å². The number of aromatic nitrogens is 2. The van der Waals surface area contributed by atoms with Gasteiger partial charge in [-0.25, -0.2) is 0 Å². The Balaban J connectivity index is 2.72. The number of rotatable bonds is 4. The minimum Gasteiger partial charge on any atom is -0.311 e. The van der Waals surface area contributed by atoms with Gasteiger partial charge < -0.3 is 5.32 Å². The predicted molar refractivity (Wildman–Crippen MR) is 53.0 cm³/mol. The van der Waals surface area contributed by atoms with Crippen LogP contribution in [-0.4, -0.2) is 16.3 Å². The third kappa shape index (κ3) is 2.08. The summed E-state index contributed by atoms with van der Waals surface area (Å²) in [4.78, 5) is 0. The molecule has 68 valence electrons. The summed E-state index contributed by atoms with van der Waals surface area (Å²) >= 11 is 3.46. The molecule has 1 N–H and O–H groups in total. The number of halogens is 1. The van der Waals surface area contributed by atoms with Crippen molar-refractivity contribution < 1.29 is 0 Å². The predicted octanol–water partition coefficient (Wildman–Crippen LogP) is 1.77. The minimum absolute atomic E-state index is 0.880. The molecule has 0 aliphatic rings. The number of aryl methyl sites for hydroxylation is 1. The molecular formula is C8H14BrN3. The van der Waals surface area contributed by atoms with Crippen molar-refractivity contribution in [3.63, 3.8) is 0 Å². The van der Waals surface area contributed by atoms with E-state index < -0.39 is 0 Å². The van der Waals surface area contributed by atoms with Crippen LogP contribution in [0.1, 0.15) is 19.5 Å². The van der Waals surface area contributed by atoms with Crippen LogP contribution in [-0.2, 0) is 13.1 Å². The van der Waals surface area contributed by atoms with E-state index in [9.17, 15) is 0 Å². The zero-order valence-corrected chi connectivity index (χ0v) is 9.06. The van der Waals surface area contributed by atoms with Crippen molar-refractivity contribution in [3.8, 4) is 0 Å². The Morgan fingerprint density at radius 2 is 2.33 bits per heavy atom. The van der Waals surface area contributed by atoms with Crippen LogP contribution >= 0.6 is 15.9 Å². The van der Waals surface area contributed by atoms with Gasteiger partial charge in [0.2, 0.25) is 0 Å². The highest BCUT2D eigenvalue weighted by Crippen LogP contribution is 2.15. The molecule has 0 amide bonds. The van der Waals surface area contributed by atoms with E-state index in [4.69, 9.17) is 0 Å². The molecule has 3 nitrogen and oxygen atoms in total. The van der Waals surface area contributed by atoms with Gasteiger partial charge in [0.25, 0.3) is 0 Å². The summed E-state index contributed by atoms with van der Waals surface area (Å²) in [5, 5.41) is 7.49. The van der Waals surface area contributed by atoms with Crippen molar-refractivity contribution >= 4 is 15.9 Å². The summed E-state index contributed by atoms with van der Waals surface area (Å²) in [5.74, 6) is 0. The van der Waals surface area contributed by atoms with Gasteiger partial charge in [-0.05, 0) is 29.4 Å². The fraction of sp³-hybridized carbons (Fsp3) is 0.625. The first kappa shape index (κ1) is 9.74. The quantitative estimate of drug-likeness (QED) is 0.857. The molecule has 1 aromatic rings. The Hall–Kier alpha value is -0.350. The maximum absolute atomic E-state index is 4.22. The molecular weight excluding hydrogens is 218 g/mol. The maximum Gasteiger partial charge on any atom is 0.0664 e. The molecule has 1 heterocycles. The van der Waals surface area contributed by atoms with E-state index in [-0.39, 0.29) is 0 Å². The molecule has 1 rings (SSSR count). The second-order valence-electron chi connectivity index (χ2n) is 2.54. The molecule has 0 radical (unpaired) electrons. The van der Waals surface area contributed by atoms with E-state index >= 15 is 0 Å². The molecule has 0 spiro atoms. The highest BCUT2D eigenvalue weighted by atomic mass is 79.9. The van der Waals surface area contributed by atoms with Gasteiger partial charge in [0.15, 0.2) is 0 Å². The second-order valence-corrected chi connectivity index (χ2v) is 3.39. The summed E-state index contributed by atoms with van der Waals surface area (Å²) in [6.45, 7) is 6.98. The molecule has 12 heavy (non-hydrogen) atoms. The molecule has 0 fully saturated rings. The van der Waals surface area contributed by atoms with Gasteiger partial charge in [0, 0.05) is 13.1 Å². The second kappa shape index (κ2) is 4.62. The largest absolute Gasteiger partial charge is 0.311 e. The third-order valence-corrected chi connectivity index (χ3v) is 2.40. The average molecular weight is 232 g/mol. The lowest BCUT2D eigenvalue weighted by Gasteiger charge is -2.05. The van der Waals surface area contributed by atoms with Crippen molar-refractivity contribution in [1.29, 1.82) is 0 Å². The van der Waals surface area contributed by atoms with Crippen molar-refractivity contribution in [3.05, 3.63) is 16.4 Å². The topological polar surface area (TPSA) is 29.9 Å². The van der Waals surface area contributed by atoms with Crippen molar-refractivity contribution in [2.45, 2.75) is 26.9 Å². The summed E-state index contributed by atoms with van der Waals surface area (Å²) in [5.41, 5.74) is 1.22. The van der Waals surface area contributed by atoms with E-state index in [1.165, 1.54) is 5.69 Å². The minimum atomic E-state index is 0.880. The van der Waals surface area contributed by atoms with Crippen molar-refractivity contribution in [2.75, 3.05) is 6.54 Å². The Morgan fingerprint density at radius 3 is 2.92 bits per heavy atom. The molecule has 0 aliphatic heterocycles. The zero-order chi connectivity index (χ0) is 8.97. The number of hydrogen-bond donors (Lipinski definition) is 1. The first-order chi connectivity index (χ1) is 5.79. The lowest BCUT2D eigenvalue weighted by molar-refractivity contribution is 0.588. The van der Waals surface area contributed by atoms with Crippen LogP contribution in [0.4, 0.5) is 0 Å². The average Bonchev–Trinajstić information content (AvgIpc) is 2.43. The van der Waals surface area contributed by atoms with Gasteiger partial charge >= 0.3 is 0 Å². The highest BCUT2D eigenvalue weighted by Gasteiger charge is 2.05. The molecule has 0 saturated carbocycles. The van der Waals surface area contributed by atoms with E-state index in [1.807, 2.05) is 10.9 Å². The Morgan fingerprint density at radius 1 is 1.58 bits per heavy atom. The summed E-state index contributed by atoms with van der Waals surface area (Å²) in [6, 6.07) is 0. The summed E-state index contributed by atoms with van der Waals surface area (Å²) < 4.78 is 3.08. The summed E-state index contributed by atoms with van der Waals surface area (Å²) in [6.07, 6.45) is 1.84. The Bertz CT molecular complexity index is 244. The third-order valence-electron chi connectivity index (χ3n) is 1.74. The van der Waals surface area contributed by atoms with Gasteiger partial charge in [-0.2, -0.15) is 5.10 Å². The molecule has 0 bridgehead atoms. The first-order valence-corrected chi connectivity index (χ1v) is 4.99. The number of nitrogens with one attached hydrogen (secondary N) is 1. The van der Waals surface area contributed by atoms with Gasteiger partial charge in [-0.15, -0.1) is 0 Å². The van der Waals surface area contributed by atoms with Crippen LogP contribution in [0.3, 0.4) is 0 Å². The van der Waals surface area contributed by atoms with Crippen LogP contribution in [0.15, 0.2) is 10.7 Å². The molecule has 1 aromatic heterocycles. The lowest BCUT2D eigenvalue weighted by atomic mass is 10.4. The van der Waals surface area contributed by atoms with Gasteiger partial charge in [-0.1, -0.05) is 6.92 Å². The van der Waals surface area contributed by atoms with Crippen LogP contribution in [0.2, 0.25) is 0 Å². The van der Waals surface area contributed by atoms with Crippen LogP contribution in [0.5, 0.6) is 0 Å². The Kier molecular flexibility index (Phi) is 3.75. The monoisotopic (exact) mass is 231 g/mol. The molecule has 0 aromatic carbocycles. The van der Waals surface area contributed by atoms with Crippen molar-refractivity contribution in [2.24, 2.45) is 0 Å². The lowest BCUT2D eigenvalue weighted by Crippen LogP contribution is -2.16. The fourth-order valence-electron chi connectivity index (χ4n) is 1.08. The zero-order valence-electron chi connectivity index (χ0n) is 7.47.